The van der Waals surface area contributed by atoms with Crippen LogP contribution in [0.15, 0.2) is 85.6 Å². The fraction of sp³-hybridized carbons (Fsp3) is 0.242. The minimum absolute atomic E-state index is 0.440. The first-order chi connectivity index (χ1) is 20.9. The molecule has 1 fully saturated rings. The first-order valence-corrected chi connectivity index (χ1v) is 14.3. The second-order valence-electron chi connectivity index (χ2n) is 10.9. The summed E-state index contributed by atoms with van der Waals surface area (Å²) in [7, 11) is 1.97. The van der Waals surface area contributed by atoms with Crippen molar-refractivity contribution in [3.8, 4) is 22.5 Å². The SMILES string of the molecule is Cc1ccc(-c2nccnc(CCN3CCN(c4ccc(F)cc4F)CC3)cn(N)c2-c2ccc3ncn(C)c3c2)cc1. The van der Waals surface area contributed by atoms with Crippen molar-refractivity contribution in [3.05, 3.63) is 108 Å². The number of anilines is 1. The van der Waals surface area contributed by atoms with E-state index >= 15 is 0 Å². The standard InChI is InChI=1S/C33H34F2N8/c1-23-3-5-24(6-4-23)32-33(25-7-9-29-31(19-25)40(2)22-39-29)43(36)21-27(37-12-13-38-32)11-14-41-15-17-42(18-16-41)30-10-8-26(34)20-28(30)35/h3-10,12-13,19-22H,11,14-18,36H2,1-2H3. The topological polar surface area (TPSA) is 81.0 Å². The average molecular weight is 581 g/mol. The summed E-state index contributed by atoms with van der Waals surface area (Å²) in [5.41, 5.74) is 7.64. The van der Waals surface area contributed by atoms with Gasteiger partial charge in [0.15, 0.2) is 0 Å². The van der Waals surface area contributed by atoms with Gasteiger partial charge in [-0.1, -0.05) is 35.9 Å². The number of benzene rings is 3. The number of piperazine rings is 1. The van der Waals surface area contributed by atoms with Crippen LogP contribution in [0.5, 0.6) is 0 Å². The molecule has 0 radical (unpaired) electrons. The Balaban J connectivity index is 1.29. The van der Waals surface area contributed by atoms with Crippen LogP contribution in [0.3, 0.4) is 0 Å². The van der Waals surface area contributed by atoms with Gasteiger partial charge in [0.05, 0.1) is 40.1 Å². The van der Waals surface area contributed by atoms with E-state index in [1.165, 1.54) is 12.1 Å². The number of hydrogen-bond donors (Lipinski definition) is 1. The van der Waals surface area contributed by atoms with Crippen LogP contribution in [0, 0.1) is 18.6 Å². The lowest BCUT2D eigenvalue weighted by atomic mass is 10.0. The Morgan fingerprint density at radius 1 is 0.837 bits per heavy atom. The molecule has 0 aliphatic carbocycles. The molecule has 0 atom stereocenters. The summed E-state index contributed by atoms with van der Waals surface area (Å²) in [5.74, 6) is 5.72. The van der Waals surface area contributed by atoms with Crippen LogP contribution < -0.4 is 10.7 Å². The summed E-state index contributed by atoms with van der Waals surface area (Å²) >= 11 is 0. The average Bonchev–Trinajstić information content (AvgIpc) is 3.40. The quantitative estimate of drug-likeness (QED) is 0.275. The molecule has 0 spiro atoms. The summed E-state index contributed by atoms with van der Waals surface area (Å²) in [6.45, 7) is 5.65. The van der Waals surface area contributed by atoms with Gasteiger partial charge in [-0.25, -0.2) is 13.8 Å². The van der Waals surface area contributed by atoms with E-state index in [1.54, 1.807) is 23.4 Å². The third-order valence-corrected chi connectivity index (χ3v) is 7.91. The van der Waals surface area contributed by atoms with Gasteiger partial charge in [0.2, 0.25) is 0 Å². The summed E-state index contributed by atoms with van der Waals surface area (Å²) in [6, 6.07) is 18.1. The molecule has 10 heteroatoms. The highest BCUT2D eigenvalue weighted by atomic mass is 19.1. The molecule has 1 aliphatic rings. The van der Waals surface area contributed by atoms with Crippen LogP contribution in [0.25, 0.3) is 33.5 Å². The molecule has 6 rings (SSSR count). The number of imidazole rings is 1. The largest absolute Gasteiger partial charge is 0.367 e. The third-order valence-electron chi connectivity index (χ3n) is 7.91. The molecule has 0 bridgehead atoms. The predicted molar refractivity (Wildman–Crippen MR) is 166 cm³/mol. The molecular weight excluding hydrogens is 546 g/mol. The van der Waals surface area contributed by atoms with Crippen LogP contribution in [0.4, 0.5) is 14.5 Å². The minimum atomic E-state index is -0.566. The fourth-order valence-electron chi connectivity index (χ4n) is 5.51. The van der Waals surface area contributed by atoms with Crippen molar-refractivity contribution in [3.63, 3.8) is 0 Å². The summed E-state index contributed by atoms with van der Waals surface area (Å²) in [5, 5.41) is 0. The van der Waals surface area contributed by atoms with Gasteiger partial charge in [0.25, 0.3) is 0 Å². The van der Waals surface area contributed by atoms with E-state index in [0.29, 0.717) is 25.2 Å². The molecule has 8 nitrogen and oxygen atoms in total. The summed E-state index contributed by atoms with van der Waals surface area (Å²) < 4.78 is 31.3. The van der Waals surface area contributed by atoms with E-state index in [1.807, 2.05) is 34.8 Å². The highest BCUT2D eigenvalue weighted by Crippen LogP contribution is 2.31. The second-order valence-corrected chi connectivity index (χ2v) is 10.9. The molecule has 1 saturated heterocycles. The van der Waals surface area contributed by atoms with Crippen molar-refractivity contribution in [1.82, 2.24) is 29.1 Å². The lowest BCUT2D eigenvalue weighted by molar-refractivity contribution is 0.259. The number of halogens is 2. The zero-order chi connectivity index (χ0) is 29.9. The molecule has 5 aromatic rings. The second kappa shape index (κ2) is 12.2. The zero-order valence-corrected chi connectivity index (χ0v) is 24.3. The van der Waals surface area contributed by atoms with E-state index in [2.05, 4.69) is 52.1 Å². The van der Waals surface area contributed by atoms with Crippen molar-refractivity contribution in [2.24, 2.45) is 7.05 Å². The van der Waals surface area contributed by atoms with Gasteiger partial charge < -0.3 is 15.3 Å². The van der Waals surface area contributed by atoms with Gasteiger partial charge in [-0.05, 0) is 31.2 Å². The van der Waals surface area contributed by atoms with Gasteiger partial charge in [-0.15, -0.1) is 0 Å². The molecule has 220 valence electrons. The van der Waals surface area contributed by atoms with Crippen LogP contribution in [-0.4, -0.2) is 61.8 Å². The maximum absolute atomic E-state index is 14.3. The lowest BCUT2D eigenvalue weighted by Crippen LogP contribution is -2.47. The molecule has 43 heavy (non-hydrogen) atoms. The molecule has 1 aliphatic heterocycles. The first-order valence-electron chi connectivity index (χ1n) is 14.3. The predicted octanol–water partition coefficient (Wildman–Crippen LogP) is 5.29. The molecule has 2 N–H and O–H groups in total. The van der Waals surface area contributed by atoms with Crippen molar-refractivity contribution < 1.29 is 8.78 Å². The Hall–Kier alpha value is -4.83. The first kappa shape index (κ1) is 28.3. The zero-order valence-electron chi connectivity index (χ0n) is 24.3. The Bertz CT molecular complexity index is 1800. The van der Waals surface area contributed by atoms with E-state index in [-0.39, 0.29) is 0 Å². The highest BCUT2D eigenvalue weighted by Gasteiger charge is 2.20. The lowest BCUT2D eigenvalue weighted by Gasteiger charge is -2.36. The van der Waals surface area contributed by atoms with Crippen LogP contribution in [0.1, 0.15) is 11.3 Å². The van der Waals surface area contributed by atoms with Gasteiger partial charge in [-0.3, -0.25) is 19.5 Å². The monoisotopic (exact) mass is 580 g/mol. The Kier molecular flexibility index (Phi) is 8.02. The fourth-order valence-corrected chi connectivity index (χ4v) is 5.51. The maximum atomic E-state index is 14.3. The van der Waals surface area contributed by atoms with Gasteiger partial charge in [-0.2, -0.15) is 0 Å². The van der Waals surface area contributed by atoms with E-state index in [4.69, 9.17) is 10.8 Å². The van der Waals surface area contributed by atoms with Gasteiger partial charge in [0.1, 0.15) is 11.6 Å². The number of aromatic nitrogens is 5. The molecule has 3 aromatic carbocycles. The van der Waals surface area contributed by atoms with Crippen molar-refractivity contribution >= 4 is 16.7 Å². The van der Waals surface area contributed by atoms with Crippen molar-refractivity contribution in [2.45, 2.75) is 13.3 Å². The number of nitrogen functional groups attached to an aromatic ring is 1. The number of hydrogen-bond acceptors (Lipinski definition) is 6. The Labute approximate surface area is 249 Å². The summed E-state index contributed by atoms with van der Waals surface area (Å²) in [4.78, 5) is 18.3. The molecule has 0 saturated carbocycles. The number of aryl methyl sites for hydroxylation is 2. The van der Waals surface area contributed by atoms with E-state index in [9.17, 15) is 8.78 Å². The number of rotatable bonds is 6. The number of nitrogens with two attached hydrogens (primary N) is 1. The van der Waals surface area contributed by atoms with Gasteiger partial charge in [0, 0.05) is 82.0 Å². The molecule has 2 aromatic heterocycles. The van der Waals surface area contributed by atoms with Crippen LogP contribution in [-0.2, 0) is 13.5 Å². The molecular formula is C33H34F2N8. The maximum Gasteiger partial charge on any atom is 0.149 e. The molecule has 0 amide bonds. The Morgan fingerprint density at radius 2 is 1.58 bits per heavy atom. The van der Waals surface area contributed by atoms with Crippen LogP contribution >= 0.6 is 0 Å². The summed E-state index contributed by atoms with van der Waals surface area (Å²) in [6.07, 6.45) is 7.74. The van der Waals surface area contributed by atoms with E-state index < -0.39 is 11.6 Å². The number of fused-ring (bicyclic) bond motifs is 1. The molecule has 0 unspecified atom stereocenters. The normalized spacial score (nSPS) is 13.8. The highest BCUT2D eigenvalue weighted by molar-refractivity contribution is 5.85. The van der Waals surface area contributed by atoms with E-state index in [0.717, 1.165) is 70.5 Å². The van der Waals surface area contributed by atoms with Crippen molar-refractivity contribution in [2.75, 3.05) is 43.5 Å². The minimum Gasteiger partial charge on any atom is -0.367 e. The van der Waals surface area contributed by atoms with Crippen LogP contribution in [0.2, 0.25) is 0 Å². The van der Waals surface area contributed by atoms with Crippen molar-refractivity contribution in [1.29, 1.82) is 0 Å². The smallest absolute Gasteiger partial charge is 0.149 e. The van der Waals surface area contributed by atoms with Gasteiger partial charge >= 0.3 is 0 Å². The Morgan fingerprint density at radius 3 is 2.35 bits per heavy atom. The number of nitrogens with zero attached hydrogens (tertiary/aromatic N) is 7. The third kappa shape index (κ3) is 6.19. The molecule has 3 heterocycles.